The van der Waals surface area contributed by atoms with Gasteiger partial charge in [0.1, 0.15) is 0 Å². The van der Waals surface area contributed by atoms with Crippen LogP contribution in [0.25, 0.3) is 0 Å². The highest BCUT2D eigenvalue weighted by atomic mass is 35.8. The second kappa shape index (κ2) is 6.47. The molecular weight excluding hydrogens is 568 g/mol. The van der Waals surface area contributed by atoms with E-state index in [0.29, 0.717) is 0 Å². The van der Waals surface area contributed by atoms with Gasteiger partial charge < -0.3 is 0 Å². The fourth-order valence-corrected chi connectivity index (χ4v) is 238. The quantitative estimate of drug-likeness (QED) is 0.280. The highest BCUT2D eigenvalue weighted by molar-refractivity contribution is 8.50. The van der Waals surface area contributed by atoms with Crippen molar-refractivity contribution in [3.8, 4) is 0 Å². The first kappa shape index (κ1) is 22.2. The normalized spacial score (nSPS) is 26.3. The molecule has 0 spiro atoms. The van der Waals surface area contributed by atoms with Gasteiger partial charge in [-0.3, -0.25) is 0 Å². The van der Waals surface area contributed by atoms with E-state index in [1.165, 1.54) is 0 Å². The van der Waals surface area contributed by atoms with Gasteiger partial charge in [-0.2, -0.15) is 11.1 Å². The minimum Gasteiger partial charge on any atom is -0.162 e. The molecule has 1 aromatic carbocycles. The third kappa shape index (κ3) is 2.68. The summed E-state index contributed by atoms with van der Waals surface area (Å²) in [7, 11) is 0. The van der Waals surface area contributed by atoms with Gasteiger partial charge in [0.05, 0.1) is 0 Å². The summed E-state index contributed by atoms with van der Waals surface area (Å²) in [5.74, 6) is 0. The van der Waals surface area contributed by atoms with Gasteiger partial charge in [-0.15, -0.1) is 88.6 Å². The van der Waals surface area contributed by atoms with Crippen LogP contribution in [0, 0.1) is 20.8 Å². The molecule has 0 nitrogen and oxygen atoms in total. The Hall–Kier alpha value is 2.91. The monoisotopic (exact) mass is 574 g/mol. The van der Waals surface area contributed by atoms with Crippen LogP contribution in [0.4, 0.5) is 0 Å². The summed E-state index contributed by atoms with van der Waals surface area (Å²) in [6, 6.07) is 3.98. The molecule has 14 heteroatoms. The molecule has 0 radical (unpaired) electrons. The van der Waals surface area contributed by atoms with E-state index in [2.05, 4.69) is 0 Å². The number of benzene rings is 1. The van der Waals surface area contributed by atoms with Gasteiger partial charge in [-0.1, -0.05) is 28.8 Å². The number of aryl methyl sites for hydroxylation is 3. The topological polar surface area (TPSA) is 0 Å². The van der Waals surface area contributed by atoms with Crippen LogP contribution in [0.2, 0.25) is 0 Å². The van der Waals surface area contributed by atoms with E-state index in [0.717, 1.165) is 21.9 Å². The summed E-state index contributed by atoms with van der Waals surface area (Å²) in [5, 5.41) is 0.812. The molecular formula is C9H11Cl9Si5. The lowest BCUT2D eigenvalue weighted by molar-refractivity contribution is 1.35. The maximum Gasteiger partial charge on any atom is 0.294 e. The zero-order chi connectivity index (χ0) is 18.2. The third-order valence-corrected chi connectivity index (χ3v) is 155. The number of hydrogen-bond donors (Lipinski definition) is 0. The Balaban J connectivity index is 2.95. The summed E-state index contributed by atoms with van der Waals surface area (Å²) in [4.78, 5) is 0. The standard InChI is InChI=1S/C9H11Cl9Si5/c1-6-4-7(2)9(8(3)5-6)19(10)20(11,12)22(15,16)23(17,18)21(19,13)14/h4-5H,1-3H3. The molecule has 1 heterocycles. The second-order valence-electron chi connectivity index (χ2n) is 5.73. The molecule has 1 aliphatic heterocycles. The van der Waals surface area contributed by atoms with E-state index in [4.69, 9.17) is 99.7 Å². The van der Waals surface area contributed by atoms with Crippen LogP contribution in [0.1, 0.15) is 16.7 Å². The van der Waals surface area contributed by atoms with Crippen molar-refractivity contribution >= 4 is 134 Å². The first-order valence-electron chi connectivity index (χ1n) is 6.36. The van der Waals surface area contributed by atoms with Crippen molar-refractivity contribution in [1.29, 1.82) is 0 Å². The molecule has 0 aliphatic carbocycles. The van der Waals surface area contributed by atoms with Crippen molar-refractivity contribution in [3.63, 3.8) is 0 Å². The predicted octanol–water partition coefficient (Wildman–Crippen LogP) is 6.09. The Bertz CT molecular complexity index is 624. The molecule has 130 valence electrons. The van der Waals surface area contributed by atoms with Crippen molar-refractivity contribution in [2.45, 2.75) is 20.8 Å². The van der Waals surface area contributed by atoms with Crippen molar-refractivity contribution in [2.24, 2.45) is 0 Å². The first-order chi connectivity index (χ1) is 10.1. The second-order valence-corrected chi connectivity index (χ2v) is 76.9. The van der Waals surface area contributed by atoms with Gasteiger partial charge in [0.25, 0.3) is 22.9 Å². The molecule has 0 saturated carbocycles. The lowest BCUT2D eigenvalue weighted by Gasteiger charge is -2.36. The van der Waals surface area contributed by atoms with Crippen LogP contribution in [0.5, 0.6) is 0 Å². The van der Waals surface area contributed by atoms with Gasteiger partial charge in [-0.25, -0.2) is 0 Å². The van der Waals surface area contributed by atoms with Gasteiger partial charge in [0.15, 0.2) is 0 Å². The molecule has 1 aliphatic rings. The third-order valence-electron chi connectivity index (χ3n) is 4.07. The van der Waals surface area contributed by atoms with Crippen molar-refractivity contribution in [1.82, 2.24) is 0 Å². The van der Waals surface area contributed by atoms with Gasteiger partial charge in [0.2, 0.25) is 6.42 Å². The van der Waals surface area contributed by atoms with E-state index in [-0.39, 0.29) is 0 Å². The van der Waals surface area contributed by atoms with Crippen LogP contribution in [-0.2, 0) is 0 Å². The molecule has 23 heavy (non-hydrogen) atoms. The number of hydrogen-bond acceptors (Lipinski definition) is 0. The zero-order valence-corrected chi connectivity index (χ0v) is 23.9. The number of rotatable bonds is 1. The SMILES string of the molecule is Cc1cc(C)c([Si]2(Cl)[Si](Cl)(Cl)[Si](Cl)(Cl)[Si](Cl)(Cl)[Si]2(Cl)Cl)c(C)c1. The molecule has 0 N–H and O–H groups in total. The lowest BCUT2D eigenvalue weighted by Crippen LogP contribution is -2.73. The van der Waals surface area contributed by atoms with Crippen LogP contribution < -0.4 is 5.19 Å². The van der Waals surface area contributed by atoms with Crippen molar-refractivity contribution in [2.75, 3.05) is 0 Å². The maximum absolute atomic E-state index is 7.18. The Kier molecular flexibility index (Phi) is 6.25. The zero-order valence-electron chi connectivity index (χ0n) is 12.1. The van der Waals surface area contributed by atoms with E-state index >= 15 is 0 Å². The van der Waals surface area contributed by atoms with Crippen LogP contribution in [0.15, 0.2) is 12.1 Å². The minimum absolute atomic E-state index is 0.812. The van der Waals surface area contributed by atoms with E-state index < -0.39 is 29.3 Å². The lowest BCUT2D eigenvalue weighted by atomic mass is 10.1. The molecule has 1 aromatic rings. The Morgan fingerprint density at radius 3 is 1.17 bits per heavy atom. The fraction of sp³-hybridized carbons (Fsp3) is 0.333. The molecule has 0 amide bonds. The minimum atomic E-state index is -3.50. The van der Waals surface area contributed by atoms with Gasteiger partial charge in [0, 0.05) is 0 Å². The number of halogens is 9. The van der Waals surface area contributed by atoms with Crippen LogP contribution >= 0.6 is 99.7 Å². The predicted molar refractivity (Wildman–Crippen MR) is 122 cm³/mol. The van der Waals surface area contributed by atoms with Crippen LogP contribution in [-0.4, -0.2) is 29.3 Å². The van der Waals surface area contributed by atoms with Gasteiger partial charge >= 0.3 is 0 Å². The first-order valence-corrected chi connectivity index (χ1v) is 30.5. The largest absolute Gasteiger partial charge is 0.294 e. The highest BCUT2D eigenvalue weighted by Gasteiger charge is 2.95. The van der Waals surface area contributed by atoms with Crippen molar-refractivity contribution < 1.29 is 0 Å². The summed E-state index contributed by atoms with van der Waals surface area (Å²) >= 11 is 60.9. The Morgan fingerprint density at radius 2 is 0.870 bits per heavy atom. The van der Waals surface area contributed by atoms with E-state index in [1.54, 1.807) is 0 Å². The van der Waals surface area contributed by atoms with Crippen LogP contribution in [0.3, 0.4) is 0 Å². The Labute approximate surface area is 181 Å². The molecule has 1 saturated heterocycles. The molecule has 2 rings (SSSR count). The highest BCUT2D eigenvalue weighted by Crippen LogP contribution is 2.64. The Morgan fingerprint density at radius 1 is 0.565 bits per heavy atom. The molecule has 0 atom stereocenters. The molecule has 0 aromatic heterocycles. The summed E-state index contributed by atoms with van der Waals surface area (Å²) in [5.41, 5.74) is -11.0. The smallest absolute Gasteiger partial charge is 0.162 e. The maximum atomic E-state index is 7.18. The molecule has 0 bridgehead atoms. The summed E-state index contributed by atoms with van der Waals surface area (Å²) < 4.78 is 0. The van der Waals surface area contributed by atoms with Gasteiger partial charge in [-0.05, 0) is 26.0 Å². The van der Waals surface area contributed by atoms with E-state index in [1.807, 2.05) is 32.9 Å². The summed E-state index contributed by atoms with van der Waals surface area (Å²) in [6.45, 7) is 5.85. The molecule has 0 unspecified atom stereocenters. The average Bonchev–Trinajstić information content (AvgIpc) is 2.39. The average molecular weight is 579 g/mol. The fourth-order valence-electron chi connectivity index (χ4n) is 3.06. The summed E-state index contributed by atoms with van der Waals surface area (Å²) in [6.07, 6.45) is -3.39. The van der Waals surface area contributed by atoms with E-state index in [9.17, 15) is 0 Å². The molecule has 1 fully saturated rings. The van der Waals surface area contributed by atoms with Crippen molar-refractivity contribution in [3.05, 3.63) is 28.8 Å².